The van der Waals surface area contributed by atoms with Gasteiger partial charge in [-0.2, -0.15) is 0 Å². The summed E-state index contributed by atoms with van der Waals surface area (Å²) in [6.07, 6.45) is -0.629. The van der Waals surface area contributed by atoms with Gasteiger partial charge in [0.25, 0.3) is 0 Å². The summed E-state index contributed by atoms with van der Waals surface area (Å²) in [7, 11) is 1.30. The van der Waals surface area contributed by atoms with E-state index in [1.807, 2.05) is 13.8 Å². The number of carbonyl (C=O) groups is 2. The lowest BCUT2D eigenvalue weighted by Gasteiger charge is -2.37. The maximum absolute atomic E-state index is 14.1. The first kappa shape index (κ1) is 24.7. The van der Waals surface area contributed by atoms with E-state index in [4.69, 9.17) is 9.47 Å². The largest absolute Gasteiger partial charge is 0.444 e. The van der Waals surface area contributed by atoms with E-state index in [9.17, 15) is 19.1 Å². The molecular formula is C22H32FN3O5. The Morgan fingerprint density at radius 1 is 1.32 bits per heavy atom. The number of hydrogen-bond donors (Lipinski definition) is 2. The molecule has 0 saturated carbocycles. The van der Waals surface area contributed by atoms with Gasteiger partial charge in [-0.05, 0) is 57.4 Å². The molecule has 2 N–H and O–H groups in total. The zero-order valence-electron chi connectivity index (χ0n) is 19.0. The third-order valence-electron chi connectivity index (χ3n) is 5.14. The molecule has 8 nitrogen and oxygen atoms in total. The van der Waals surface area contributed by atoms with Gasteiger partial charge in [0.2, 0.25) is 11.9 Å². The lowest BCUT2D eigenvalue weighted by molar-refractivity contribution is -0.130. The van der Waals surface area contributed by atoms with E-state index >= 15 is 0 Å². The minimum atomic E-state index is -1.30. The fraction of sp³-hybridized carbons (Fsp3) is 0.591. The predicted octanol–water partition coefficient (Wildman–Crippen LogP) is 3.63. The van der Waals surface area contributed by atoms with Crippen LogP contribution in [0.25, 0.3) is 0 Å². The zero-order chi connectivity index (χ0) is 23.4. The summed E-state index contributed by atoms with van der Waals surface area (Å²) in [4.78, 5) is 31.4. The van der Waals surface area contributed by atoms with Gasteiger partial charge in [0.1, 0.15) is 11.4 Å². The van der Waals surface area contributed by atoms with Crippen molar-refractivity contribution in [2.24, 2.45) is 4.99 Å². The number of ether oxygens (including phenoxy) is 2. The molecule has 0 aliphatic carbocycles. The number of aliphatic hydroxyl groups is 1. The minimum absolute atomic E-state index is 0.0435. The van der Waals surface area contributed by atoms with Crippen LogP contribution in [0.3, 0.4) is 0 Å². The maximum atomic E-state index is 14.1. The SMILES string of the molecule is CCC1(CC)CC(=O)N(Cc2cc(F)cc(C(O)OC)c2)C(NC(=O)OC(C)(C)C)=N1. The second-order valence-electron chi connectivity index (χ2n) is 8.63. The number of alkyl carbamates (subject to hydrolysis) is 1. The molecule has 0 spiro atoms. The summed E-state index contributed by atoms with van der Waals surface area (Å²) in [5, 5.41) is 12.5. The molecule has 31 heavy (non-hydrogen) atoms. The van der Waals surface area contributed by atoms with Crippen molar-refractivity contribution in [3.05, 3.63) is 35.1 Å². The van der Waals surface area contributed by atoms with Crippen molar-refractivity contribution >= 4 is 18.0 Å². The predicted molar refractivity (Wildman–Crippen MR) is 114 cm³/mol. The average Bonchev–Trinajstić information content (AvgIpc) is 2.67. The number of guanidine groups is 1. The molecule has 9 heteroatoms. The van der Waals surface area contributed by atoms with Crippen LogP contribution >= 0.6 is 0 Å². The number of methoxy groups -OCH3 is 1. The number of aliphatic imine (C=N–C) groups is 1. The lowest BCUT2D eigenvalue weighted by Crippen LogP contribution is -2.54. The van der Waals surface area contributed by atoms with Gasteiger partial charge in [-0.3, -0.25) is 15.0 Å². The number of halogens is 1. The quantitative estimate of drug-likeness (QED) is 0.662. The van der Waals surface area contributed by atoms with E-state index in [0.717, 1.165) is 6.07 Å². The molecule has 1 heterocycles. The molecular weight excluding hydrogens is 405 g/mol. The van der Waals surface area contributed by atoms with Gasteiger partial charge in [0.15, 0.2) is 6.29 Å². The number of nitrogens with zero attached hydrogens (tertiary/aromatic N) is 2. The van der Waals surface area contributed by atoms with E-state index in [1.54, 1.807) is 20.8 Å². The summed E-state index contributed by atoms with van der Waals surface area (Å²) in [5.41, 5.74) is -0.721. The van der Waals surface area contributed by atoms with Gasteiger partial charge in [-0.15, -0.1) is 0 Å². The standard InChI is InChI=1S/C22H32FN3O5/c1-7-22(8-2)12-17(27)26(19(25-22)24-20(29)31-21(3,4)5)13-14-9-15(18(28)30-6)11-16(23)10-14/h9-11,18,28H,7-8,12-13H2,1-6H3,(H,24,25,29). The van der Waals surface area contributed by atoms with Crippen LogP contribution in [0.2, 0.25) is 0 Å². The van der Waals surface area contributed by atoms with E-state index in [2.05, 4.69) is 10.3 Å². The van der Waals surface area contributed by atoms with Crippen molar-refractivity contribution in [1.29, 1.82) is 0 Å². The van der Waals surface area contributed by atoms with Crippen LogP contribution in [0.4, 0.5) is 9.18 Å². The van der Waals surface area contributed by atoms with Crippen molar-refractivity contribution in [1.82, 2.24) is 10.2 Å². The normalized spacial score (nSPS) is 17.2. The van der Waals surface area contributed by atoms with E-state index in [-0.39, 0.29) is 30.4 Å². The number of hydrogen-bond acceptors (Lipinski definition) is 6. The number of nitrogens with one attached hydrogen (secondary N) is 1. The van der Waals surface area contributed by atoms with Crippen LogP contribution in [0.15, 0.2) is 23.2 Å². The number of benzene rings is 1. The molecule has 0 radical (unpaired) electrons. The molecule has 1 unspecified atom stereocenters. The first-order valence-corrected chi connectivity index (χ1v) is 10.3. The average molecular weight is 438 g/mol. The molecule has 0 fully saturated rings. The smallest absolute Gasteiger partial charge is 0.414 e. The van der Waals surface area contributed by atoms with Gasteiger partial charge < -0.3 is 14.6 Å². The highest BCUT2D eigenvalue weighted by atomic mass is 19.1. The summed E-state index contributed by atoms with van der Waals surface area (Å²) in [6.45, 7) is 9.03. The van der Waals surface area contributed by atoms with Crippen LogP contribution in [-0.2, 0) is 20.8 Å². The first-order chi connectivity index (χ1) is 14.4. The first-order valence-electron chi connectivity index (χ1n) is 10.3. The van der Waals surface area contributed by atoms with Crippen LogP contribution in [0.1, 0.15) is 71.3 Å². The van der Waals surface area contributed by atoms with E-state index in [1.165, 1.54) is 24.1 Å². The molecule has 172 valence electrons. The van der Waals surface area contributed by atoms with E-state index < -0.39 is 29.3 Å². The highest BCUT2D eigenvalue weighted by Crippen LogP contribution is 2.31. The molecule has 0 saturated heterocycles. The zero-order valence-corrected chi connectivity index (χ0v) is 19.0. The van der Waals surface area contributed by atoms with Crippen LogP contribution in [0, 0.1) is 5.82 Å². The molecule has 0 bridgehead atoms. The lowest BCUT2D eigenvalue weighted by atomic mass is 9.88. The highest BCUT2D eigenvalue weighted by Gasteiger charge is 2.39. The van der Waals surface area contributed by atoms with Crippen LogP contribution < -0.4 is 5.32 Å². The Kier molecular flexibility index (Phi) is 7.77. The van der Waals surface area contributed by atoms with Gasteiger partial charge in [0, 0.05) is 12.7 Å². The Labute approximate surface area is 182 Å². The monoisotopic (exact) mass is 437 g/mol. The van der Waals surface area contributed by atoms with Crippen LogP contribution in [-0.4, -0.2) is 46.2 Å². The molecule has 2 amide bonds. The Balaban J connectivity index is 2.40. The van der Waals surface area contributed by atoms with Crippen molar-refractivity contribution in [3.8, 4) is 0 Å². The Hall–Kier alpha value is -2.52. The molecule has 1 aromatic rings. The molecule has 2 rings (SSSR count). The van der Waals surface area contributed by atoms with Gasteiger partial charge in [-0.25, -0.2) is 14.2 Å². The highest BCUT2D eigenvalue weighted by molar-refractivity contribution is 6.05. The number of aliphatic hydroxyl groups excluding tert-OH is 1. The van der Waals surface area contributed by atoms with Crippen molar-refractivity contribution < 1.29 is 28.6 Å². The van der Waals surface area contributed by atoms with E-state index in [0.29, 0.717) is 18.4 Å². The van der Waals surface area contributed by atoms with Crippen molar-refractivity contribution in [2.45, 2.75) is 77.9 Å². The molecule has 0 aromatic heterocycles. The summed E-state index contributed by atoms with van der Waals surface area (Å²) in [5.74, 6) is -0.765. The minimum Gasteiger partial charge on any atom is -0.444 e. The Morgan fingerprint density at radius 3 is 2.52 bits per heavy atom. The van der Waals surface area contributed by atoms with Crippen molar-refractivity contribution in [3.63, 3.8) is 0 Å². The van der Waals surface area contributed by atoms with Gasteiger partial charge in [0.05, 0.1) is 18.5 Å². The third-order valence-corrected chi connectivity index (χ3v) is 5.14. The Morgan fingerprint density at radius 2 is 1.97 bits per heavy atom. The maximum Gasteiger partial charge on any atom is 0.414 e. The summed E-state index contributed by atoms with van der Waals surface area (Å²) in [6, 6.07) is 3.95. The number of carbonyl (C=O) groups excluding carboxylic acids is 2. The van der Waals surface area contributed by atoms with Gasteiger partial charge >= 0.3 is 6.09 Å². The molecule has 1 atom stereocenters. The number of amides is 2. The second kappa shape index (κ2) is 9.74. The topological polar surface area (TPSA) is 100 Å². The van der Waals surface area contributed by atoms with Crippen molar-refractivity contribution in [2.75, 3.05) is 7.11 Å². The number of rotatable bonds is 6. The molecule has 1 aliphatic rings. The van der Waals surface area contributed by atoms with Crippen LogP contribution in [0.5, 0.6) is 0 Å². The fourth-order valence-electron chi connectivity index (χ4n) is 3.36. The second-order valence-corrected chi connectivity index (χ2v) is 8.63. The third kappa shape index (κ3) is 6.48. The molecule has 1 aliphatic heterocycles. The molecule has 1 aromatic carbocycles. The summed E-state index contributed by atoms with van der Waals surface area (Å²) < 4.78 is 24.3. The summed E-state index contributed by atoms with van der Waals surface area (Å²) >= 11 is 0. The fourth-order valence-corrected chi connectivity index (χ4v) is 3.36. The Bertz CT molecular complexity index is 846. The van der Waals surface area contributed by atoms with Gasteiger partial charge in [-0.1, -0.05) is 13.8 Å².